The van der Waals surface area contributed by atoms with E-state index in [1.165, 1.54) is 5.69 Å². The van der Waals surface area contributed by atoms with E-state index in [-0.39, 0.29) is 0 Å². The zero-order valence-electron chi connectivity index (χ0n) is 9.20. The Bertz CT molecular complexity index is 629. The van der Waals surface area contributed by atoms with Crippen LogP contribution in [0.2, 0.25) is 0 Å². The summed E-state index contributed by atoms with van der Waals surface area (Å²) in [5, 5.41) is 2.90. The van der Waals surface area contributed by atoms with Crippen LogP contribution in [-0.4, -0.2) is 19.4 Å². The fourth-order valence-electron chi connectivity index (χ4n) is 1.51. The molecule has 4 nitrogen and oxygen atoms in total. The van der Waals surface area contributed by atoms with Crippen molar-refractivity contribution < 1.29 is 0 Å². The number of aromatic nitrogens is 4. The van der Waals surface area contributed by atoms with Gasteiger partial charge in [0.15, 0.2) is 10.1 Å². The van der Waals surface area contributed by atoms with Crippen molar-refractivity contribution >= 4 is 28.1 Å². The summed E-state index contributed by atoms with van der Waals surface area (Å²) in [5.41, 5.74) is 2.29. The Hall–Kier alpha value is -1.40. The van der Waals surface area contributed by atoms with E-state index in [1.54, 1.807) is 35.5 Å². The zero-order valence-corrected chi connectivity index (χ0v) is 10.8. The van der Waals surface area contributed by atoms with Gasteiger partial charge < -0.3 is 0 Å². The van der Waals surface area contributed by atoms with Crippen LogP contribution in [0, 0.1) is 6.92 Å². The second-order valence-corrected chi connectivity index (χ2v) is 5.36. The Morgan fingerprint density at radius 2 is 2.18 bits per heavy atom. The smallest absolute Gasteiger partial charge is 0.194 e. The molecule has 0 radical (unpaired) electrons. The first kappa shape index (κ1) is 10.7. The number of aryl methyl sites for hydroxylation is 1. The van der Waals surface area contributed by atoms with Crippen molar-refractivity contribution in [1.29, 1.82) is 0 Å². The summed E-state index contributed by atoms with van der Waals surface area (Å²) >= 11 is 3.27. The molecule has 0 aliphatic rings. The van der Waals surface area contributed by atoms with E-state index in [9.17, 15) is 0 Å². The fourth-order valence-corrected chi connectivity index (χ4v) is 3.06. The van der Waals surface area contributed by atoms with E-state index in [4.69, 9.17) is 0 Å². The van der Waals surface area contributed by atoms with Gasteiger partial charge in [0.1, 0.15) is 0 Å². The molecular formula is C11H10N4S2. The summed E-state index contributed by atoms with van der Waals surface area (Å²) in [5.74, 6) is 0.803. The first-order chi connectivity index (χ1) is 8.33. The Labute approximate surface area is 107 Å². The van der Waals surface area contributed by atoms with Gasteiger partial charge in [-0.2, -0.15) is 0 Å². The molecule has 0 amide bonds. The molecule has 0 aromatic carbocycles. The third kappa shape index (κ3) is 2.18. The van der Waals surface area contributed by atoms with E-state index >= 15 is 0 Å². The topological polar surface area (TPSA) is 43.1 Å². The summed E-state index contributed by atoms with van der Waals surface area (Å²) in [4.78, 5) is 13.9. The summed E-state index contributed by atoms with van der Waals surface area (Å²) in [6, 6.07) is 1.82. The molecule has 0 unspecified atom stereocenters. The maximum Gasteiger partial charge on any atom is 0.194 e. The third-order valence-corrected chi connectivity index (χ3v) is 4.20. The molecule has 86 valence electrons. The van der Waals surface area contributed by atoms with Gasteiger partial charge in [-0.05, 0) is 13.0 Å². The minimum Gasteiger partial charge on any atom is -0.295 e. The van der Waals surface area contributed by atoms with Crippen LogP contribution >= 0.6 is 23.1 Å². The Balaban J connectivity index is 1.77. The number of hydrogen-bond donors (Lipinski definition) is 0. The summed E-state index contributed by atoms with van der Waals surface area (Å²) in [6.45, 7) is 2.09. The van der Waals surface area contributed by atoms with Gasteiger partial charge in [0, 0.05) is 35.4 Å². The van der Waals surface area contributed by atoms with Crippen LogP contribution < -0.4 is 0 Å². The SMILES string of the molecule is Cc1csc2nc(CSc3ncccn3)cn12. The van der Waals surface area contributed by atoms with Crippen LogP contribution in [0.5, 0.6) is 0 Å². The molecule has 0 fully saturated rings. The van der Waals surface area contributed by atoms with Gasteiger partial charge in [-0.3, -0.25) is 4.40 Å². The summed E-state index contributed by atoms with van der Waals surface area (Å²) in [6.07, 6.45) is 5.59. The largest absolute Gasteiger partial charge is 0.295 e. The number of thioether (sulfide) groups is 1. The van der Waals surface area contributed by atoms with Gasteiger partial charge in [0.2, 0.25) is 0 Å². The lowest BCUT2D eigenvalue weighted by molar-refractivity contribution is 0.965. The van der Waals surface area contributed by atoms with Crippen molar-refractivity contribution in [1.82, 2.24) is 19.4 Å². The number of nitrogens with zero attached hydrogens (tertiary/aromatic N) is 4. The predicted molar refractivity (Wildman–Crippen MR) is 69.4 cm³/mol. The normalized spacial score (nSPS) is 11.1. The fraction of sp³-hybridized carbons (Fsp3) is 0.182. The van der Waals surface area contributed by atoms with Crippen molar-refractivity contribution in [3.05, 3.63) is 41.4 Å². The second-order valence-electron chi connectivity index (χ2n) is 3.58. The molecule has 0 saturated carbocycles. The molecule has 3 aromatic rings. The van der Waals surface area contributed by atoms with Crippen LogP contribution in [0.4, 0.5) is 0 Å². The number of imidazole rings is 1. The van der Waals surface area contributed by atoms with E-state index in [1.807, 2.05) is 6.07 Å². The van der Waals surface area contributed by atoms with Crippen LogP contribution in [0.3, 0.4) is 0 Å². The van der Waals surface area contributed by atoms with Crippen molar-refractivity contribution in [3.8, 4) is 0 Å². The molecule has 6 heteroatoms. The highest BCUT2D eigenvalue weighted by Crippen LogP contribution is 2.21. The van der Waals surface area contributed by atoms with Gasteiger partial charge in [0.05, 0.1) is 5.69 Å². The monoisotopic (exact) mass is 262 g/mol. The standard InChI is InChI=1S/C11H10N4S2/c1-8-6-17-11-14-9(5-15(8)11)7-16-10-12-3-2-4-13-10/h2-6H,7H2,1H3. The van der Waals surface area contributed by atoms with Crippen molar-refractivity contribution in [2.75, 3.05) is 0 Å². The van der Waals surface area contributed by atoms with Crippen molar-refractivity contribution in [2.45, 2.75) is 17.8 Å². The number of rotatable bonds is 3. The van der Waals surface area contributed by atoms with Crippen LogP contribution in [0.25, 0.3) is 4.96 Å². The lowest BCUT2D eigenvalue weighted by Crippen LogP contribution is -1.85. The Morgan fingerprint density at radius 1 is 1.35 bits per heavy atom. The molecule has 3 heterocycles. The predicted octanol–water partition coefficient (Wildman–Crippen LogP) is 2.79. The molecule has 0 spiro atoms. The maximum absolute atomic E-state index is 4.55. The third-order valence-electron chi connectivity index (χ3n) is 2.33. The van der Waals surface area contributed by atoms with Crippen LogP contribution in [-0.2, 0) is 5.75 Å². The zero-order chi connectivity index (χ0) is 11.7. The Kier molecular flexibility index (Phi) is 2.82. The van der Waals surface area contributed by atoms with E-state index in [0.717, 1.165) is 21.6 Å². The van der Waals surface area contributed by atoms with Crippen LogP contribution in [0.1, 0.15) is 11.4 Å². The minimum atomic E-state index is 0.792. The molecule has 3 rings (SSSR count). The second kappa shape index (κ2) is 4.46. The molecule has 0 atom stereocenters. The van der Waals surface area contributed by atoms with Crippen molar-refractivity contribution in [3.63, 3.8) is 0 Å². The molecule has 0 aliphatic carbocycles. The van der Waals surface area contributed by atoms with E-state index in [2.05, 4.69) is 37.9 Å². The minimum absolute atomic E-state index is 0.792. The lowest BCUT2D eigenvalue weighted by atomic mass is 10.5. The summed E-state index contributed by atoms with van der Waals surface area (Å²) in [7, 11) is 0. The number of hydrogen-bond acceptors (Lipinski definition) is 5. The van der Waals surface area contributed by atoms with Gasteiger partial charge in [0.25, 0.3) is 0 Å². The molecule has 0 N–H and O–H groups in total. The van der Waals surface area contributed by atoms with Gasteiger partial charge in [-0.1, -0.05) is 11.8 Å². The molecule has 3 aromatic heterocycles. The van der Waals surface area contributed by atoms with Crippen LogP contribution in [0.15, 0.2) is 35.2 Å². The highest BCUT2D eigenvalue weighted by molar-refractivity contribution is 7.98. The quantitative estimate of drug-likeness (QED) is 0.538. The first-order valence-electron chi connectivity index (χ1n) is 5.15. The highest BCUT2D eigenvalue weighted by atomic mass is 32.2. The van der Waals surface area contributed by atoms with E-state index in [0.29, 0.717) is 0 Å². The van der Waals surface area contributed by atoms with Gasteiger partial charge in [-0.15, -0.1) is 11.3 Å². The van der Waals surface area contributed by atoms with Crippen molar-refractivity contribution in [2.24, 2.45) is 0 Å². The number of fused-ring (bicyclic) bond motifs is 1. The van der Waals surface area contributed by atoms with Gasteiger partial charge in [-0.25, -0.2) is 15.0 Å². The average Bonchev–Trinajstić information content (AvgIpc) is 2.91. The van der Waals surface area contributed by atoms with E-state index < -0.39 is 0 Å². The molecule has 0 bridgehead atoms. The molecule has 0 aliphatic heterocycles. The summed E-state index contributed by atoms with van der Waals surface area (Å²) < 4.78 is 2.12. The highest BCUT2D eigenvalue weighted by Gasteiger charge is 2.06. The lowest BCUT2D eigenvalue weighted by Gasteiger charge is -1.95. The average molecular weight is 262 g/mol. The van der Waals surface area contributed by atoms with Gasteiger partial charge >= 0.3 is 0 Å². The maximum atomic E-state index is 4.55. The molecular weight excluding hydrogens is 252 g/mol. The number of thiazole rings is 1. The first-order valence-corrected chi connectivity index (χ1v) is 7.01. The molecule has 0 saturated heterocycles. The Morgan fingerprint density at radius 3 is 2.94 bits per heavy atom. The molecule has 17 heavy (non-hydrogen) atoms.